The number of ketones is 2. The van der Waals surface area contributed by atoms with E-state index in [1.54, 1.807) is 103 Å². The van der Waals surface area contributed by atoms with Crippen molar-refractivity contribution in [3.8, 4) is 11.5 Å². The maximum Gasteiger partial charge on any atom is 0.192 e. The van der Waals surface area contributed by atoms with Crippen molar-refractivity contribution in [3.63, 3.8) is 0 Å². The predicted octanol–water partition coefficient (Wildman–Crippen LogP) is 17.1. The van der Waals surface area contributed by atoms with Crippen molar-refractivity contribution in [2.45, 2.75) is 91.8 Å². The Morgan fingerprint density at radius 3 is 1.30 bits per heavy atom. The lowest BCUT2D eigenvalue weighted by molar-refractivity contribution is -0.111. The van der Waals surface area contributed by atoms with Crippen molar-refractivity contribution in [1.29, 1.82) is 0 Å². The average molecular weight is 1470 g/mol. The van der Waals surface area contributed by atoms with Gasteiger partial charge in [-0.15, -0.1) is 0 Å². The molecule has 0 saturated carbocycles. The van der Waals surface area contributed by atoms with Crippen LogP contribution in [0.1, 0.15) is 75.6 Å². The Hall–Kier alpha value is -6.79. The molecule has 2 heterocycles. The highest BCUT2D eigenvalue weighted by atomic mass is 79.9. The molecular formula is C71H68Br3F5O8Si3. The highest BCUT2D eigenvalue weighted by molar-refractivity contribution is 9.11. The highest BCUT2D eigenvalue weighted by Crippen LogP contribution is 2.45. The van der Waals surface area contributed by atoms with E-state index in [0.29, 0.717) is 59.7 Å². The zero-order valence-corrected chi connectivity index (χ0v) is 59.0. The SMILES string of the molecule is CC(C)(C)[Si](C)(C)OCc1ccc(Br)c(F)c1.C[Si]1(C)C2=CC(=O)C=CC2=C(c2ccc(C=O)cc2F)c2ccc(O)cc21.C[Si]1(C)C2=CC(=O)C=CC2=C(c2ccc(CO)cc2F)c2ccc(O)cc21.Cc1ccc(Br)c(F)c1.OCc1ccc(Br)c(F)c1. The van der Waals surface area contributed by atoms with E-state index in [-0.39, 0.29) is 64.3 Å². The molecule has 4 aliphatic rings. The fourth-order valence-corrected chi connectivity index (χ4v) is 18.1. The number of rotatable bonds is 8. The van der Waals surface area contributed by atoms with Crippen LogP contribution in [0.15, 0.2) is 199 Å². The summed E-state index contributed by atoms with van der Waals surface area (Å²) in [5.74, 6) is -1.55. The van der Waals surface area contributed by atoms with E-state index < -0.39 is 36.1 Å². The van der Waals surface area contributed by atoms with Gasteiger partial charge in [0.25, 0.3) is 0 Å². The third kappa shape index (κ3) is 16.3. The molecule has 0 bridgehead atoms. The van der Waals surface area contributed by atoms with Crippen molar-refractivity contribution in [2.24, 2.45) is 0 Å². The molecule has 0 radical (unpaired) electrons. The molecule has 2 aliphatic heterocycles. The highest BCUT2D eigenvalue weighted by Gasteiger charge is 2.42. The number of aryl methyl sites for hydroxylation is 1. The summed E-state index contributed by atoms with van der Waals surface area (Å²) in [6.45, 7) is 21.5. The number of hydrogen-bond acceptors (Lipinski definition) is 8. The van der Waals surface area contributed by atoms with Crippen molar-refractivity contribution < 1.29 is 61.2 Å². The first-order chi connectivity index (χ1) is 42.2. The topological polar surface area (TPSA) is 141 Å². The van der Waals surface area contributed by atoms with Gasteiger partial charge in [-0.3, -0.25) is 14.4 Å². The number of hydrogen-bond donors (Lipinski definition) is 4. The van der Waals surface area contributed by atoms with Gasteiger partial charge in [-0.2, -0.15) is 0 Å². The predicted molar refractivity (Wildman–Crippen MR) is 366 cm³/mol. The largest absolute Gasteiger partial charge is 0.508 e. The fraction of sp³-hybridized carbons (Fsp3) is 0.197. The lowest BCUT2D eigenvalue weighted by Crippen LogP contribution is -2.49. The Morgan fingerprint density at radius 1 is 0.511 bits per heavy atom. The summed E-state index contributed by atoms with van der Waals surface area (Å²) in [4.78, 5) is 35.1. The van der Waals surface area contributed by atoms with Crippen LogP contribution in [0.2, 0.25) is 44.3 Å². The third-order valence-electron chi connectivity index (χ3n) is 16.3. The number of carbonyl (C=O) groups excluding carboxylic acids is 3. The van der Waals surface area contributed by atoms with Crippen LogP contribution in [0, 0.1) is 36.0 Å². The second-order valence-electron chi connectivity index (χ2n) is 24.3. The summed E-state index contributed by atoms with van der Waals surface area (Å²) in [7, 11) is -6.26. The Balaban J connectivity index is 0.000000171. The number of carbonyl (C=O) groups is 3. The lowest BCUT2D eigenvalue weighted by Gasteiger charge is -2.37. The standard InChI is InChI=1S/C22H19FO3Si.C22H17FO3Si.C13H20BrFOSi.C7H6BrFO.C7H6BrF/c2*1-27(2)20-10-14(25)4-7-17(20)22(18-8-5-15(26)11-21(18)27)16-6-3-13(12-24)9-19(16)23;1-13(2,3)17(4,5)16-9-10-6-7-11(14)12(15)8-10;8-6-2-1-5(4-10)3-7(6)9;1-5-2-3-6(8)7(9)4-5/h3-11,24-25H,12H2,1-2H3;3-12,25H,1-2H3;6-8H,9H2,1-5H3;1-3,10H,4H2;2-4H,1H3. The minimum Gasteiger partial charge on any atom is -0.508 e. The van der Waals surface area contributed by atoms with E-state index in [0.717, 1.165) is 54.2 Å². The minimum atomic E-state index is -2.26. The van der Waals surface area contributed by atoms with Crippen molar-refractivity contribution >= 4 is 112 Å². The Morgan fingerprint density at radius 2 is 0.900 bits per heavy atom. The van der Waals surface area contributed by atoms with Gasteiger partial charge in [0.1, 0.15) is 63.0 Å². The molecule has 0 saturated heterocycles. The molecule has 19 heteroatoms. The Kier molecular flexibility index (Phi) is 22.9. The number of aliphatic hydroxyl groups excluding tert-OH is 2. The van der Waals surface area contributed by atoms with Gasteiger partial charge in [0.2, 0.25) is 0 Å². The van der Waals surface area contributed by atoms with E-state index in [9.17, 15) is 51.7 Å². The molecule has 2 aliphatic carbocycles. The summed E-state index contributed by atoms with van der Waals surface area (Å²) in [5, 5.41) is 41.9. The van der Waals surface area contributed by atoms with Crippen molar-refractivity contribution in [3.05, 3.63) is 278 Å². The molecule has 11 rings (SSSR count). The average Bonchev–Trinajstić information content (AvgIpc) is 0.734. The second-order valence-corrected chi connectivity index (χ2v) is 40.4. The summed E-state index contributed by atoms with van der Waals surface area (Å²) in [5.41, 5.74) is 8.80. The summed E-state index contributed by atoms with van der Waals surface area (Å²) < 4.78 is 75.8. The second kappa shape index (κ2) is 29.2. The first kappa shape index (κ1) is 70.7. The van der Waals surface area contributed by atoms with Crippen LogP contribution in [-0.4, -0.2) is 62.7 Å². The molecule has 468 valence electrons. The van der Waals surface area contributed by atoms with Crippen molar-refractivity contribution in [1.82, 2.24) is 0 Å². The number of benzene rings is 7. The fourth-order valence-electron chi connectivity index (χ4n) is 10.2. The van der Waals surface area contributed by atoms with Crippen LogP contribution in [0.5, 0.6) is 11.5 Å². The van der Waals surface area contributed by atoms with Crippen LogP contribution in [0.3, 0.4) is 0 Å². The van der Waals surface area contributed by atoms with Crippen LogP contribution < -0.4 is 10.4 Å². The number of aliphatic hydroxyl groups is 2. The summed E-state index contributed by atoms with van der Waals surface area (Å²) in [6.07, 6.45) is 10.4. The molecule has 0 fully saturated rings. The molecule has 7 aromatic rings. The van der Waals surface area contributed by atoms with Crippen LogP contribution in [0.25, 0.3) is 11.1 Å². The zero-order valence-electron chi connectivity index (χ0n) is 51.2. The van der Waals surface area contributed by atoms with Crippen LogP contribution in [-0.2, 0) is 33.8 Å². The molecule has 4 N–H and O–H groups in total. The molecule has 0 unspecified atom stereocenters. The summed E-state index contributed by atoms with van der Waals surface area (Å²) in [6, 6.07) is 34.1. The van der Waals surface area contributed by atoms with Gasteiger partial charge in [-0.25, -0.2) is 22.0 Å². The Bertz CT molecular complexity index is 4160. The number of allylic oxidation sites excluding steroid dienone is 10. The maximum absolute atomic E-state index is 14.9. The van der Waals surface area contributed by atoms with Gasteiger partial charge in [0, 0.05) is 16.7 Å². The first-order valence-corrected chi connectivity index (χ1v) is 39.8. The quantitative estimate of drug-likeness (QED) is 0.0670. The van der Waals surface area contributed by atoms with E-state index in [1.807, 2.05) is 25.1 Å². The molecule has 0 amide bonds. The Labute approximate surface area is 550 Å². The van der Waals surface area contributed by atoms with Gasteiger partial charge in [0.15, 0.2) is 19.9 Å². The monoisotopic (exact) mass is 1460 g/mol. The molecule has 0 spiro atoms. The third-order valence-corrected chi connectivity index (χ3v) is 29.7. The van der Waals surface area contributed by atoms with Gasteiger partial charge in [-0.1, -0.05) is 114 Å². The minimum absolute atomic E-state index is 0.0756. The van der Waals surface area contributed by atoms with Gasteiger partial charge in [-0.05, 0) is 246 Å². The van der Waals surface area contributed by atoms with Gasteiger partial charge >= 0.3 is 0 Å². The number of aromatic hydroxyl groups is 2. The molecule has 8 nitrogen and oxygen atoms in total. The molecule has 90 heavy (non-hydrogen) atoms. The number of fused-ring (bicyclic) bond motifs is 4. The number of halogens is 8. The summed E-state index contributed by atoms with van der Waals surface area (Å²) >= 11 is 9.20. The number of phenols is 2. The molecule has 7 aromatic carbocycles. The van der Waals surface area contributed by atoms with E-state index >= 15 is 0 Å². The normalized spacial score (nSPS) is 14.9. The number of phenolic OH excluding ortho intramolecular Hbond substituents is 2. The maximum atomic E-state index is 14.9. The smallest absolute Gasteiger partial charge is 0.192 e. The van der Waals surface area contributed by atoms with Crippen LogP contribution in [0.4, 0.5) is 22.0 Å². The zero-order chi connectivity index (χ0) is 66.4. The van der Waals surface area contributed by atoms with Gasteiger partial charge < -0.3 is 24.9 Å². The molecular weight excluding hydrogens is 1400 g/mol. The van der Waals surface area contributed by atoms with Crippen molar-refractivity contribution in [2.75, 3.05) is 0 Å². The molecule has 0 atom stereocenters. The van der Waals surface area contributed by atoms with E-state index in [4.69, 9.17) is 9.53 Å². The lowest BCUT2D eigenvalue weighted by atomic mass is 9.89. The van der Waals surface area contributed by atoms with Gasteiger partial charge in [0.05, 0.1) is 33.2 Å². The number of aldehydes is 1. The van der Waals surface area contributed by atoms with E-state index in [2.05, 4.69) is 108 Å². The molecule has 0 aromatic heterocycles. The first-order valence-electron chi connectivity index (χ1n) is 28.5. The van der Waals surface area contributed by atoms with Crippen LogP contribution >= 0.6 is 47.8 Å². The van der Waals surface area contributed by atoms with E-state index in [1.165, 1.54) is 42.5 Å².